The Kier molecular flexibility index (Phi) is 10.4. The number of hydrogen-bond donors (Lipinski definition) is 8. The molecule has 0 aliphatic heterocycles. The van der Waals surface area contributed by atoms with Crippen LogP contribution in [0.15, 0.2) is 0 Å². The van der Waals surface area contributed by atoms with Crippen LogP contribution < -0.4 is 21.7 Å². The van der Waals surface area contributed by atoms with E-state index in [9.17, 15) is 29.1 Å². The predicted molar refractivity (Wildman–Crippen MR) is 94.9 cm³/mol. The number of aliphatic hydroxyl groups is 1. The number of nitrogens with two attached hydrogens (primary N) is 1. The third kappa shape index (κ3) is 8.70. The predicted octanol–water partition coefficient (Wildman–Crippen LogP) is -3.34. The van der Waals surface area contributed by atoms with E-state index in [4.69, 9.17) is 15.9 Å². The zero-order chi connectivity index (χ0) is 21.3. The quantitative estimate of drug-likeness (QED) is 0.160. The summed E-state index contributed by atoms with van der Waals surface area (Å²) in [5.74, 6) is -5.61. The molecule has 154 valence electrons. The van der Waals surface area contributed by atoms with E-state index in [1.54, 1.807) is 0 Å². The molecule has 0 fully saturated rings. The Morgan fingerprint density at radius 2 is 1.52 bits per heavy atom. The lowest BCUT2D eigenvalue weighted by molar-refractivity contribution is -0.145. The Morgan fingerprint density at radius 1 is 0.963 bits per heavy atom. The van der Waals surface area contributed by atoms with Crippen molar-refractivity contribution in [2.75, 3.05) is 5.75 Å². The van der Waals surface area contributed by atoms with Crippen LogP contribution in [0.4, 0.5) is 0 Å². The summed E-state index contributed by atoms with van der Waals surface area (Å²) in [6.45, 7) is 2.37. The minimum absolute atomic E-state index is 0.0397. The average molecular weight is 408 g/mol. The van der Waals surface area contributed by atoms with Gasteiger partial charge in [0.05, 0.1) is 18.6 Å². The Labute approximate surface area is 160 Å². The first-order valence-electron chi connectivity index (χ1n) is 7.80. The van der Waals surface area contributed by atoms with Crippen molar-refractivity contribution >= 4 is 42.3 Å². The number of rotatable bonds is 11. The molecule has 8 N–H and O–H groups in total. The van der Waals surface area contributed by atoms with Gasteiger partial charge in [-0.15, -0.1) is 0 Å². The van der Waals surface area contributed by atoms with Crippen molar-refractivity contribution in [2.45, 2.75) is 50.5 Å². The van der Waals surface area contributed by atoms with Crippen molar-refractivity contribution in [1.82, 2.24) is 16.0 Å². The van der Waals surface area contributed by atoms with Gasteiger partial charge in [-0.05, 0) is 13.8 Å². The molecule has 0 saturated carbocycles. The minimum Gasteiger partial charge on any atom is -0.481 e. The molecule has 27 heavy (non-hydrogen) atoms. The number of amides is 3. The third-order valence-corrected chi connectivity index (χ3v) is 3.74. The van der Waals surface area contributed by atoms with Crippen LogP contribution in [0, 0.1) is 0 Å². The zero-order valence-corrected chi connectivity index (χ0v) is 15.6. The van der Waals surface area contributed by atoms with Gasteiger partial charge in [0, 0.05) is 5.75 Å². The molecule has 0 aromatic heterocycles. The number of thiol groups is 1. The second-order valence-electron chi connectivity index (χ2n) is 5.74. The molecule has 0 heterocycles. The van der Waals surface area contributed by atoms with E-state index in [-0.39, 0.29) is 5.75 Å². The summed E-state index contributed by atoms with van der Waals surface area (Å²) in [7, 11) is 0. The Balaban J connectivity index is 5.03. The number of aliphatic hydroxyl groups excluding tert-OH is 1. The van der Waals surface area contributed by atoms with E-state index in [1.807, 2.05) is 5.32 Å². The number of carboxylic acids is 2. The highest BCUT2D eigenvalue weighted by Gasteiger charge is 2.30. The standard InChI is InChI=1S/C14H24N4O8S/c1-5(11(22)18-10(6(2)19)14(25)26)16-13(24)8(3-9(20)21)17-12(23)7(15)4-27/h5-8,10,19,27H,3-4,15H2,1-2H3,(H,16,24)(H,17,23)(H,18,22)(H,20,21)(H,25,26). The molecule has 12 nitrogen and oxygen atoms in total. The van der Waals surface area contributed by atoms with E-state index in [1.165, 1.54) is 6.92 Å². The van der Waals surface area contributed by atoms with E-state index in [0.29, 0.717) is 0 Å². The van der Waals surface area contributed by atoms with Crippen molar-refractivity contribution in [1.29, 1.82) is 0 Å². The fourth-order valence-electron chi connectivity index (χ4n) is 1.79. The molecule has 0 saturated heterocycles. The highest BCUT2D eigenvalue weighted by Crippen LogP contribution is 1.99. The van der Waals surface area contributed by atoms with Crippen molar-refractivity contribution in [2.24, 2.45) is 5.73 Å². The fourth-order valence-corrected chi connectivity index (χ4v) is 1.96. The lowest BCUT2D eigenvalue weighted by atomic mass is 10.1. The van der Waals surface area contributed by atoms with Gasteiger partial charge in [0.25, 0.3) is 0 Å². The highest BCUT2D eigenvalue weighted by atomic mass is 32.1. The number of carboxylic acid groups (broad SMARTS) is 2. The molecule has 0 spiro atoms. The van der Waals surface area contributed by atoms with Crippen LogP contribution in [0.1, 0.15) is 20.3 Å². The second-order valence-corrected chi connectivity index (χ2v) is 6.11. The summed E-state index contributed by atoms with van der Waals surface area (Å²) in [6.07, 6.45) is -2.16. The van der Waals surface area contributed by atoms with E-state index in [0.717, 1.165) is 6.92 Å². The fraction of sp³-hybridized carbons (Fsp3) is 0.643. The molecule has 0 bridgehead atoms. The van der Waals surface area contributed by atoms with Crippen LogP contribution in [-0.4, -0.2) is 81.0 Å². The summed E-state index contributed by atoms with van der Waals surface area (Å²) in [5, 5.41) is 33.5. The van der Waals surface area contributed by atoms with E-state index in [2.05, 4.69) is 23.3 Å². The van der Waals surface area contributed by atoms with Gasteiger partial charge >= 0.3 is 11.9 Å². The summed E-state index contributed by atoms with van der Waals surface area (Å²) in [4.78, 5) is 57.8. The van der Waals surface area contributed by atoms with Gasteiger partial charge < -0.3 is 37.0 Å². The van der Waals surface area contributed by atoms with Crippen LogP contribution in [0.2, 0.25) is 0 Å². The first kappa shape index (κ1) is 24.6. The molecule has 0 rings (SSSR count). The van der Waals surface area contributed by atoms with Gasteiger partial charge in [-0.3, -0.25) is 19.2 Å². The van der Waals surface area contributed by atoms with Crippen LogP contribution >= 0.6 is 12.6 Å². The van der Waals surface area contributed by atoms with Crippen molar-refractivity contribution < 1.29 is 39.3 Å². The van der Waals surface area contributed by atoms with Crippen LogP contribution in [0.3, 0.4) is 0 Å². The average Bonchev–Trinajstić information content (AvgIpc) is 2.56. The second kappa shape index (κ2) is 11.4. The SMILES string of the molecule is CC(NC(=O)C(CC(=O)O)NC(=O)C(N)CS)C(=O)NC(C(=O)O)C(C)O. The first-order valence-corrected chi connectivity index (χ1v) is 8.44. The highest BCUT2D eigenvalue weighted by molar-refractivity contribution is 7.80. The maximum Gasteiger partial charge on any atom is 0.328 e. The number of aliphatic carboxylic acids is 2. The largest absolute Gasteiger partial charge is 0.481 e. The van der Waals surface area contributed by atoms with E-state index >= 15 is 0 Å². The van der Waals surface area contributed by atoms with Gasteiger partial charge in [-0.1, -0.05) is 0 Å². The van der Waals surface area contributed by atoms with Crippen LogP contribution in [-0.2, 0) is 24.0 Å². The smallest absolute Gasteiger partial charge is 0.328 e. The Morgan fingerprint density at radius 3 is 1.93 bits per heavy atom. The molecular formula is C14H24N4O8S. The zero-order valence-electron chi connectivity index (χ0n) is 14.7. The lowest BCUT2D eigenvalue weighted by Gasteiger charge is -2.23. The van der Waals surface area contributed by atoms with Gasteiger partial charge in [0.2, 0.25) is 17.7 Å². The number of carbonyl (C=O) groups is 5. The monoisotopic (exact) mass is 408 g/mol. The lowest BCUT2D eigenvalue weighted by Crippen LogP contribution is -2.57. The van der Waals surface area contributed by atoms with Gasteiger partial charge in [0.1, 0.15) is 12.1 Å². The van der Waals surface area contributed by atoms with Crippen molar-refractivity contribution in [3.8, 4) is 0 Å². The first-order chi connectivity index (χ1) is 12.4. The number of nitrogens with one attached hydrogen (secondary N) is 3. The summed E-state index contributed by atoms with van der Waals surface area (Å²) in [5.41, 5.74) is 5.45. The Bertz CT molecular complexity index is 585. The summed E-state index contributed by atoms with van der Waals surface area (Å²) >= 11 is 3.82. The van der Waals surface area contributed by atoms with E-state index < -0.39 is 66.4 Å². The normalized spacial score (nSPS) is 16.2. The summed E-state index contributed by atoms with van der Waals surface area (Å²) in [6, 6.07) is -5.45. The van der Waals surface area contributed by atoms with Gasteiger partial charge in [-0.2, -0.15) is 12.6 Å². The number of hydrogen-bond acceptors (Lipinski definition) is 8. The molecule has 3 amide bonds. The maximum absolute atomic E-state index is 12.2. The molecule has 0 aliphatic rings. The molecule has 5 atom stereocenters. The third-order valence-electron chi connectivity index (χ3n) is 3.34. The van der Waals surface area contributed by atoms with Crippen LogP contribution in [0.25, 0.3) is 0 Å². The van der Waals surface area contributed by atoms with Gasteiger partial charge in [-0.25, -0.2) is 4.79 Å². The van der Waals surface area contributed by atoms with Gasteiger partial charge in [0.15, 0.2) is 6.04 Å². The molecule has 0 aromatic carbocycles. The molecule has 13 heteroatoms. The minimum atomic E-state index is -1.60. The molecule has 0 aromatic rings. The topological polar surface area (TPSA) is 208 Å². The maximum atomic E-state index is 12.2. The molecular weight excluding hydrogens is 384 g/mol. The molecule has 0 aliphatic carbocycles. The summed E-state index contributed by atoms with van der Waals surface area (Å²) < 4.78 is 0. The van der Waals surface area contributed by atoms with Crippen molar-refractivity contribution in [3.05, 3.63) is 0 Å². The molecule has 5 unspecified atom stereocenters. The van der Waals surface area contributed by atoms with Crippen LogP contribution in [0.5, 0.6) is 0 Å². The Hall–Kier alpha value is -2.38. The number of carbonyl (C=O) groups excluding carboxylic acids is 3. The molecule has 0 radical (unpaired) electrons. The van der Waals surface area contributed by atoms with Crippen molar-refractivity contribution in [3.63, 3.8) is 0 Å².